The molecule has 1 fully saturated rings. The number of carbonyl (C=O) groups is 1. The van der Waals surface area contributed by atoms with Gasteiger partial charge in [-0.25, -0.2) is 15.0 Å². The van der Waals surface area contributed by atoms with E-state index >= 15 is 0 Å². The molecule has 0 spiro atoms. The minimum absolute atomic E-state index is 0.0408. The maximum absolute atomic E-state index is 12.8. The molecule has 1 amide bonds. The molecule has 0 bridgehead atoms. The van der Waals surface area contributed by atoms with Gasteiger partial charge in [0.25, 0.3) is 5.91 Å². The molecule has 124 valence electrons. The molecule has 0 saturated carbocycles. The zero-order chi connectivity index (χ0) is 16.7. The molecule has 4 rings (SSSR count). The van der Waals surface area contributed by atoms with Gasteiger partial charge < -0.3 is 14.5 Å². The molecule has 4 heterocycles. The van der Waals surface area contributed by atoms with Crippen molar-refractivity contribution in [2.45, 2.75) is 26.4 Å². The van der Waals surface area contributed by atoms with Crippen molar-refractivity contribution in [1.29, 1.82) is 0 Å². The summed E-state index contributed by atoms with van der Waals surface area (Å²) in [5, 5.41) is 0. The lowest BCUT2D eigenvalue weighted by molar-refractivity contribution is 0.0750. The maximum atomic E-state index is 12.8. The second-order valence-electron chi connectivity index (χ2n) is 6.11. The summed E-state index contributed by atoms with van der Waals surface area (Å²) in [6.45, 7) is 5.02. The van der Waals surface area contributed by atoms with Gasteiger partial charge in [0.1, 0.15) is 11.6 Å². The van der Waals surface area contributed by atoms with Crippen LogP contribution in [0.5, 0.6) is 5.88 Å². The molecule has 0 aromatic carbocycles. The van der Waals surface area contributed by atoms with Crippen molar-refractivity contribution in [1.82, 2.24) is 19.9 Å². The van der Waals surface area contributed by atoms with Gasteiger partial charge in [-0.15, -0.1) is 0 Å². The smallest absolute Gasteiger partial charge is 0.254 e. The lowest BCUT2D eigenvalue weighted by atomic mass is 10.1. The number of rotatable bonds is 3. The fourth-order valence-electron chi connectivity index (χ4n) is 3.13. The highest BCUT2D eigenvalue weighted by atomic mass is 16.5. The monoisotopic (exact) mass is 325 g/mol. The van der Waals surface area contributed by atoms with Gasteiger partial charge in [0.05, 0.1) is 25.9 Å². The first-order valence-electron chi connectivity index (χ1n) is 8.06. The predicted octanol–water partition coefficient (Wildman–Crippen LogP) is 1.55. The van der Waals surface area contributed by atoms with Crippen LogP contribution in [0.4, 0.5) is 5.82 Å². The largest absolute Gasteiger partial charge is 0.481 e. The van der Waals surface area contributed by atoms with E-state index in [2.05, 4.69) is 19.9 Å². The summed E-state index contributed by atoms with van der Waals surface area (Å²) in [5.41, 5.74) is 2.61. The summed E-state index contributed by atoms with van der Waals surface area (Å²) in [4.78, 5) is 30.1. The molecule has 2 aliphatic heterocycles. The third-order valence-corrected chi connectivity index (χ3v) is 4.51. The van der Waals surface area contributed by atoms with Crippen LogP contribution in [0.25, 0.3) is 0 Å². The summed E-state index contributed by atoms with van der Waals surface area (Å²) in [7, 11) is 1.54. The van der Waals surface area contributed by atoms with Crippen molar-refractivity contribution >= 4 is 11.7 Å². The van der Waals surface area contributed by atoms with Gasteiger partial charge >= 0.3 is 0 Å². The van der Waals surface area contributed by atoms with Crippen molar-refractivity contribution in [2.75, 3.05) is 25.1 Å². The number of carbonyl (C=O) groups excluding carboxylic acids is 1. The van der Waals surface area contributed by atoms with E-state index in [0.717, 1.165) is 36.0 Å². The number of hydrogen-bond acceptors (Lipinski definition) is 6. The van der Waals surface area contributed by atoms with Crippen molar-refractivity contribution in [2.24, 2.45) is 0 Å². The number of methoxy groups -OCH3 is 1. The van der Waals surface area contributed by atoms with Gasteiger partial charge in [0.2, 0.25) is 5.88 Å². The lowest BCUT2D eigenvalue weighted by Crippen LogP contribution is -2.38. The van der Waals surface area contributed by atoms with Crippen molar-refractivity contribution in [3.8, 4) is 5.88 Å². The molecule has 0 aliphatic carbocycles. The van der Waals surface area contributed by atoms with Gasteiger partial charge in [-0.3, -0.25) is 4.79 Å². The van der Waals surface area contributed by atoms with Crippen LogP contribution in [-0.4, -0.2) is 46.0 Å². The highest BCUT2D eigenvalue weighted by Crippen LogP contribution is 2.32. The van der Waals surface area contributed by atoms with Crippen molar-refractivity contribution in [3.63, 3.8) is 0 Å². The summed E-state index contributed by atoms with van der Waals surface area (Å²) in [5.74, 6) is 2.15. The fraction of sp³-hybridized carbons (Fsp3) is 0.412. The Morgan fingerprint density at radius 3 is 2.79 bits per heavy atom. The topological polar surface area (TPSA) is 71.5 Å². The first kappa shape index (κ1) is 14.9. The third kappa shape index (κ3) is 2.46. The average Bonchev–Trinajstić information content (AvgIpc) is 2.96. The number of ether oxygens (including phenoxy) is 1. The summed E-state index contributed by atoms with van der Waals surface area (Å²) < 4.78 is 5.11. The summed E-state index contributed by atoms with van der Waals surface area (Å²) >= 11 is 0. The van der Waals surface area contributed by atoms with E-state index in [0.29, 0.717) is 24.5 Å². The Kier molecular flexibility index (Phi) is 3.55. The number of aromatic nitrogens is 3. The second kappa shape index (κ2) is 5.74. The van der Waals surface area contributed by atoms with E-state index in [1.54, 1.807) is 30.3 Å². The average molecular weight is 325 g/mol. The Bertz CT molecular complexity index is 804. The second-order valence-corrected chi connectivity index (χ2v) is 6.11. The molecule has 0 N–H and O–H groups in total. The van der Waals surface area contributed by atoms with Crippen molar-refractivity contribution < 1.29 is 9.53 Å². The molecule has 0 atom stereocenters. The number of hydrogen-bond donors (Lipinski definition) is 0. The molecule has 0 radical (unpaired) electrons. The van der Waals surface area contributed by atoms with Crippen LogP contribution >= 0.6 is 0 Å². The molecular weight excluding hydrogens is 306 g/mol. The summed E-state index contributed by atoms with van der Waals surface area (Å²) in [6.07, 6.45) is 2.78. The van der Waals surface area contributed by atoms with Gasteiger partial charge in [-0.2, -0.15) is 0 Å². The van der Waals surface area contributed by atoms with Crippen molar-refractivity contribution in [3.05, 3.63) is 41.0 Å². The predicted molar refractivity (Wildman–Crippen MR) is 88.0 cm³/mol. The van der Waals surface area contributed by atoms with Crippen LogP contribution in [0.2, 0.25) is 0 Å². The molecule has 2 aromatic heterocycles. The Balaban J connectivity index is 1.62. The van der Waals surface area contributed by atoms with E-state index in [-0.39, 0.29) is 5.91 Å². The normalized spacial score (nSPS) is 15.9. The Morgan fingerprint density at radius 2 is 2.08 bits per heavy atom. The summed E-state index contributed by atoms with van der Waals surface area (Å²) in [6, 6.07) is 3.37. The van der Waals surface area contributed by atoms with Crippen LogP contribution in [0.3, 0.4) is 0 Å². The van der Waals surface area contributed by atoms with Gasteiger partial charge in [-0.1, -0.05) is 0 Å². The molecule has 0 unspecified atom stereocenters. The van der Waals surface area contributed by atoms with Crippen LogP contribution in [0, 0.1) is 6.92 Å². The number of amides is 1. The fourth-order valence-corrected chi connectivity index (χ4v) is 3.13. The molecule has 24 heavy (non-hydrogen) atoms. The maximum Gasteiger partial charge on any atom is 0.254 e. The van der Waals surface area contributed by atoms with Crippen LogP contribution < -0.4 is 9.64 Å². The van der Waals surface area contributed by atoms with E-state index in [4.69, 9.17) is 4.74 Å². The van der Waals surface area contributed by atoms with Gasteiger partial charge in [-0.05, 0) is 19.4 Å². The SMILES string of the molecule is COc1cc(C(=O)N2Cc3nc(C)nc(N4CCC4)c3C2)ccn1. The lowest BCUT2D eigenvalue weighted by Gasteiger charge is -2.33. The number of aryl methyl sites for hydroxylation is 1. The molecule has 7 heteroatoms. The molecule has 2 aromatic rings. The number of nitrogens with zero attached hydrogens (tertiary/aromatic N) is 5. The van der Waals surface area contributed by atoms with Crippen LogP contribution in [0.15, 0.2) is 18.3 Å². The Morgan fingerprint density at radius 1 is 1.25 bits per heavy atom. The van der Waals surface area contributed by atoms with Gasteiger partial charge in [0.15, 0.2) is 0 Å². The van der Waals surface area contributed by atoms with E-state index in [1.165, 1.54) is 6.42 Å². The molecular formula is C17H19N5O2. The Hall–Kier alpha value is -2.70. The number of fused-ring (bicyclic) bond motifs is 1. The Labute approximate surface area is 140 Å². The quantitative estimate of drug-likeness (QED) is 0.853. The highest BCUT2D eigenvalue weighted by Gasteiger charge is 2.31. The third-order valence-electron chi connectivity index (χ3n) is 4.51. The highest BCUT2D eigenvalue weighted by molar-refractivity contribution is 5.94. The minimum atomic E-state index is -0.0408. The number of anilines is 1. The van der Waals surface area contributed by atoms with Crippen LogP contribution in [-0.2, 0) is 13.1 Å². The minimum Gasteiger partial charge on any atom is -0.481 e. The first-order valence-corrected chi connectivity index (χ1v) is 8.06. The molecule has 1 saturated heterocycles. The van der Waals surface area contributed by atoms with E-state index in [9.17, 15) is 4.79 Å². The standard InChI is InChI=1S/C17H19N5O2/c1-11-19-14-10-22(9-13(14)16(20-11)21-6-3-7-21)17(23)12-4-5-18-15(8-12)24-2/h4-5,8H,3,6-7,9-10H2,1-2H3. The zero-order valence-electron chi connectivity index (χ0n) is 13.8. The molecule has 2 aliphatic rings. The van der Waals surface area contributed by atoms with Gasteiger partial charge in [0, 0.05) is 36.5 Å². The zero-order valence-corrected chi connectivity index (χ0v) is 13.8. The first-order chi connectivity index (χ1) is 11.7. The molecule has 7 nitrogen and oxygen atoms in total. The van der Waals surface area contributed by atoms with Crippen LogP contribution in [0.1, 0.15) is 33.9 Å². The van der Waals surface area contributed by atoms with E-state index in [1.807, 2.05) is 6.92 Å². The number of pyridine rings is 1. The van der Waals surface area contributed by atoms with E-state index < -0.39 is 0 Å².